The summed E-state index contributed by atoms with van der Waals surface area (Å²) >= 11 is 5.19. The molecule has 1 aromatic heterocycles. The normalized spacial score (nSPS) is 10.2. The summed E-state index contributed by atoms with van der Waals surface area (Å²) < 4.78 is 6.62. The molecule has 0 aliphatic heterocycles. The van der Waals surface area contributed by atoms with Crippen LogP contribution in [0.3, 0.4) is 0 Å². The first kappa shape index (κ1) is 12.4. The van der Waals surface area contributed by atoms with Crippen molar-refractivity contribution in [2.45, 2.75) is 0 Å². The minimum atomic E-state index is -0.249. The van der Waals surface area contributed by atoms with Gasteiger partial charge in [0.25, 0.3) is 5.56 Å². The molecular weight excluding hydrogens is 401 g/mol. The van der Waals surface area contributed by atoms with Crippen LogP contribution in [0, 0.1) is 3.57 Å². The molecule has 1 aromatic carbocycles. The molecule has 7 heteroatoms. The summed E-state index contributed by atoms with van der Waals surface area (Å²) in [6.45, 7) is 0. The zero-order valence-corrected chi connectivity index (χ0v) is 12.1. The Morgan fingerprint density at radius 1 is 1.47 bits per heavy atom. The number of aromatic amines is 1. The Bertz CT molecular complexity index is 594. The number of nitrogens with one attached hydrogen (secondary N) is 1. The number of anilines is 1. The molecule has 17 heavy (non-hydrogen) atoms. The Kier molecular flexibility index (Phi) is 3.67. The molecule has 0 saturated heterocycles. The monoisotopic (exact) mass is 407 g/mol. The first-order valence-electron chi connectivity index (χ1n) is 4.54. The lowest BCUT2D eigenvalue weighted by molar-refractivity contribution is 0.456. The highest BCUT2D eigenvalue weighted by Crippen LogP contribution is 2.34. The summed E-state index contributed by atoms with van der Waals surface area (Å²) in [6.07, 6.45) is 1.28. The zero-order valence-electron chi connectivity index (χ0n) is 8.41. The summed E-state index contributed by atoms with van der Waals surface area (Å²) in [5.41, 5.74) is 6.01. The van der Waals surface area contributed by atoms with Gasteiger partial charge in [-0.15, -0.1) is 0 Å². The molecule has 88 valence electrons. The van der Waals surface area contributed by atoms with Crippen LogP contribution in [0.5, 0.6) is 11.6 Å². The van der Waals surface area contributed by atoms with Gasteiger partial charge >= 0.3 is 0 Å². The van der Waals surface area contributed by atoms with E-state index in [1.54, 1.807) is 18.2 Å². The number of hydrogen-bond acceptors (Lipinski definition) is 4. The highest BCUT2D eigenvalue weighted by atomic mass is 127. The summed E-state index contributed by atoms with van der Waals surface area (Å²) in [6, 6.07) is 5.30. The Morgan fingerprint density at radius 3 is 2.94 bits per heavy atom. The summed E-state index contributed by atoms with van der Waals surface area (Å²) in [5.74, 6) is 0.677. The second-order valence-electron chi connectivity index (χ2n) is 3.11. The predicted molar refractivity (Wildman–Crippen MR) is 76.2 cm³/mol. The van der Waals surface area contributed by atoms with Crippen LogP contribution in [0.15, 0.2) is 33.8 Å². The molecule has 1 heterocycles. The fourth-order valence-electron chi connectivity index (χ4n) is 1.17. The number of benzene rings is 1. The average molecular weight is 408 g/mol. The maximum absolute atomic E-state index is 11.4. The molecule has 0 aliphatic carbocycles. The van der Waals surface area contributed by atoms with E-state index in [9.17, 15) is 4.79 Å². The van der Waals surface area contributed by atoms with Gasteiger partial charge in [-0.05, 0) is 50.7 Å². The van der Waals surface area contributed by atoms with Crippen molar-refractivity contribution in [1.82, 2.24) is 9.97 Å². The second-order valence-corrected chi connectivity index (χ2v) is 5.04. The zero-order chi connectivity index (χ0) is 12.4. The van der Waals surface area contributed by atoms with Crippen molar-refractivity contribution in [3.63, 3.8) is 0 Å². The molecule has 0 unspecified atom stereocenters. The van der Waals surface area contributed by atoms with E-state index >= 15 is 0 Å². The highest BCUT2D eigenvalue weighted by molar-refractivity contribution is 14.1. The standard InChI is InChI=1S/C10H7BrIN3O2/c11-5-2-1-3-6(13)8(5)17-10-7(12)9(16)14-4-15-10/h1-4H,13H2,(H,14,15,16). The Morgan fingerprint density at radius 2 is 2.24 bits per heavy atom. The van der Waals surface area contributed by atoms with Crippen LogP contribution in [0.4, 0.5) is 5.69 Å². The van der Waals surface area contributed by atoms with Crippen LogP contribution < -0.4 is 16.0 Å². The van der Waals surface area contributed by atoms with Gasteiger partial charge in [0.15, 0.2) is 5.75 Å². The highest BCUT2D eigenvalue weighted by Gasteiger charge is 2.12. The topological polar surface area (TPSA) is 81.0 Å². The number of aromatic nitrogens is 2. The van der Waals surface area contributed by atoms with E-state index in [0.29, 0.717) is 19.5 Å². The van der Waals surface area contributed by atoms with Crippen molar-refractivity contribution >= 4 is 44.2 Å². The van der Waals surface area contributed by atoms with Crippen LogP contribution in [-0.2, 0) is 0 Å². The molecule has 0 bridgehead atoms. The average Bonchev–Trinajstić information content (AvgIpc) is 2.29. The second kappa shape index (κ2) is 5.05. The van der Waals surface area contributed by atoms with E-state index in [4.69, 9.17) is 10.5 Å². The Hall–Kier alpha value is -1.09. The number of halogens is 2. The Labute approximate surface area is 119 Å². The smallest absolute Gasteiger partial charge is 0.268 e. The van der Waals surface area contributed by atoms with Crippen molar-refractivity contribution in [1.29, 1.82) is 0 Å². The van der Waals surface area contributed by atoms with Crippen LogP contribution in [-0.4, -0.2) is 9.97 Å². The number of H-pyrrole nitrogens is 1. The molecule has 2 rings (SSSR count). The van der Waals surface area contributed by atoms with E-state index in [0.717, 1.165) is 0 Å². The maximum Gasteiger partial charge on any atom is 0.268 e. The Balaban J connectivity index is 2.45. The number of nitrogens with zero attached hydrogens (tertiary/aromatic N) is 1. The number of rotatable bonds is 2. The van der Waals surface area contributed by atoms with Crippen LogP contribution in [0.2, 0.25) is 0 Å². The SMILES string of the molecule is Nc1cccc(Br)c1Oc1nc[nH]c(=O)c1I. The van der Waals surface area contributed by atoms with Gasteiger partial charge in [0.2, 0.25) is 5.88 Å². The number of hydrogen-bond donors (Lipinski definition) is 2. The summed E-state index contributed by atoms with van der Waals surface area (Å²) in [7, 11) is 0. The van der Waals surface area contributed by atoms with E-state index in [-0.39, 0.29) is 11.4 Å². The van der Waals surface area contributed by atoms with Gasteiger partial charge < -0.3 is 15.5 Å². The van der Waals surface area contributed by atoms with Gasteiger partial charge in [-0.25, -0.2) is 4.98 Å². The summed E-state index contributed by atoms with van der Waals surface area (Å²) in [4.78, 5) is 17.8. The van der Waals surface area contributed by atoms with E-state index in [1.807, 2.05) is 22.6 Å². The molecule has 3 N–H and O–H groups in total. The molecule has 0 fully saturated rings. The number of nitrogens with two attached hydrogens (primary N) is 1. The minimum absolute atomic E-state index is 0.230. The molecule has 5 nitrogen and oxygen atoms in total. The third-order valence-corrected chi connectivity index (χ3v) is 3.54. The van der Waals surface area contributed by atoms with Gasteiger partial charge in [-0.2, -0.15) is 0 Å². The number of ether oxygens (including phenoxy) is 1. The lowest BCUT2D eigenvalue weighted by Crippen LogP contribution is -2.11. The lowest BCUT2D eigenvalue weighted by Gasteiger charge is -2.09. The van der Waals surface area contributed by atoms with Gasteiger partial charge in [-0.3, -0.25) is 4.79 Å². The molecule has 0 saturated carbocycles. The van der Waals surface area contributed by atoms with E-state index in [1.165, 1.54) is 6.33 Å². The van der Waals surface area contributed by atoms with Gasteiger partial charge in [0.1, 0.15) is 3.57 Å². The molecule has 2 aromatic rings. The molecule has 0 atom stereocenters. The predicted octanol–water partition coefficient (Wildman–Crippen LogP) is 2.51. The van der Waals surface area contributed by atoms with Crippen molar-refractivity contribution in [3.8, 4) is 11.6 Å². The van der Waals surface area contributed by atoms with Crippen molar-refractivity contribution in [2.24, 2.45) is 0 Å². The van der Waals surface area contributed by atoms with Crippen LogP contribution in [0.1, 0.15) is 0 Å². The summed E-state index contributed by atoms with van der Waals surface area (Å²) in [5, 5.41) is 0. The molecule has 0 aliphatic rings. The van der Waals surface area contributed by atoms with Crippen molar-refractivity contribution in [2.75, 3.05) is 5.73 Å². The van der Waals surface area contributed by atoms with Crippen LogP contribution >= 0.6 is 38.5 Å². The number of nitrogen functional groups attached to an aromatic ring is 1. The lowest BCUT2D eigenvalue weighted by atomic mass is 10.3. The molecule has 0 radical (unpaired) electrons. The van der Waals surface area contributed by atoms with Crippen molar-refractivity contribution < 1.29 is 4.74 Å². The first-order valence-corrected chi connectivity index (χ1v) is 6.42. The minimum Gasteiger partial charge on any atom is -0.434 e. The number of para-hydroxylation sites is 1. The van der Waals surface area contributed by atoms with Crippen molar-refractivity contribution in [3.05, 3.63) is 42.9 Å². The molecule has 0 amide bonds. The largest absolute Gasteiger partial charge is 0.434 e. The van der Waals surface area contributed by atoms with E-state index < -0.39 is 0 Å². The van der Waals surface area contributed by atoms with Gasteiger partial charge in [-0.1, -0.05) is 6.07 Å². The fourth-order valence-corrected chi connectivity index (χ4v) is 2.04. The fraction of sp³-hybridized carbons (Fsp3) is 0. The molecular formula is C10H7BrIN3O2. The first-order chi connectivity index (χ1) is 8.09. The van der Waals surface area contributed by atoms with E-state index in [2.05, 4.69) is 25.9 Å². The third-order valence-electron chi connectivity index (χ3n) is 1.96. The van der Waals surface area contributed by atoms with Crippen LogP contribution in [0.25, 0.3) is 0 Å². The third kappa shape index (κ3) is 2.60. The molecule has 0 spiro atoms. The quantitative estimate of drug-likeness (QED) is 0.592. The van der Waals surface area contributed by atoms with Gasteiger partial charge in [0.05, 0.1) is 16.5 Å². The maximum atomic E-state index is 11.4. The van der Waals surface area contributed by atoms with Gasteiger partial charge in [0, 0.05) is 0 Å².